The lowest BCUT2D eigenvalue weighted by molar-refractivity contribution is 0.353. The van der Waals surface area contributed by atoms with Crippen LogP contribution in [-0.4, -0.2) is 88.9 Å². The first-order chi connectivity index (χ1) is 29.6. The van der Waals surface area contributed by atoms with E-state index in [4.69, 9.17) is 27.4 Å². The molecular formula is C42H39F4N9O6S2. The van der Waals surface area contributed by atoms with E-state index in [2.05, 4.69) is 47.7 Å². The summed E-state index contributed by atoms with van der Waals surface area (Å²) in [4.78, 5) is 24.5. The van der Waals surface area contributed by atoms with Crippen LogP contribution in [0, 0.1) is 35.8 Å². The van der Waals surface area contributed by atoms with Gasteiger partial charge in [-0.15, -0.1) is 6.42 Å². The van der Waals surface area contributed by atoms with E-state index in [-0.39, 0.29) is 64.5 Å². The first kappa shape index (κ1) is 45.7. The van der Waals surface area contributed by atoms with Crippen molar-refractivity contribution in [1.29, 1.82) is 0 Å². The van der Waals surface area contributed by atoms with Gasteiger partial charge in [0.1, 0.15) is 44.7 Å². The number of sulfone groups is 1. The van der Waals surface area contributed by atoms with Crippen LogP contribution in [0.25, 0.3) is 23.8 Å². The molecule has 2 aromatic heterocycles. The molecule has 2 aromatic carbocycles. The van der Waals surface area contributed by atoms with E-state index >= 15 is 17.6 Å². The second-order valence-corrected chi connectivity index (χ2v) is 19.6. The Balaban J connectivity index is 1.09. The predicted octanol–water partition coefficient (Wildman–Crippen LogP) is 4.53. The van der Waals surface area contributed by atoms with Crippen LogP contribution in [0.15, 0.2) is 71.2 Å². The van der Waals surface area contributed by atoms with Gasteiger partial charge in [0, 0.05) is 11.1 Å². The summed E-state index contributed by atoms with van der Waals surface area (Å²) in [6.07, 6.45) is 11.8. The molecule has 0 bridgehead atoms. The predicted molar refractivity (Wildman–Crippen MR) is 229 cm³/mol. The van der Waals surface area contributed by atoms with Gasteiger partial charge < -0.3 is 20.9 Å². The molecule has 0 amide bonds. The van der Waals surface area contributed by atoms with E-state index in [0.29, 0.717) is 0 Å². The number of ether oxygens (including phenoxy) is 2. The van der Waals surface area contributed by atoms with E-state index in [9.17, 15) is 16.8 Å². The highest BCUT2D eigenvalue weighted by atomic mass is 32.2. The van der Waals surface area contributed by atoms with Crippen molar-refractivity contribution < 1.29 is 43.9 Å². The van der Waals surface area contributed by atoms with E-state index in [1.165, 1.54) is 58.2 Å². The fourth-order valence-corrected chi connectivity index (χ4v) is 9.84. The number of terminal acetylenes is 1. The second-order valence-electron chi connectivity index (χ2n) is 15.1. The summed E-state index contributed by atoms with van der Waals surface area (Å²) in [7, 11) is -8.04. The van der Waals surface area contributed by atoms with Crippen molar-refractivity contribution in [3.05, 3.63) is 106 Å². The molecule has 328 valence electrons. The van der Waals surface area contributed by atoms with Crippen LogP contribution in [0.1, 0.15) is 61.3 Å². The zero-order valence-electron chi connectivity index (χ0n) is 34.1. The minimum atomic E-state index is -4.22. The molecule has 15 nitrogen and oxygen atoms in total. The molecule has 21 heteroatoms. The lowest BCUT2D eigenvalue weighted by atomic mass is 9.91. The average molecular weight is 906 g/mol. The molecule has 0 aliphatic carbocycles. The zero-order valence-corrected chi connectivity index (χ0v) is 35.7. The number of hydrogen-bond acceptors (Lipinski definition) is 14. The standard InChI is InChI=1S/C42H39F4N9O6S2/c1-6-14-60-36-22-49-34(20-51-36)33(46)19-27-10-12-31(44)29(17-27)42(5)25-63(58,59)55(39(48)54-42)13-7-8-15-61-37-23-50-35(21-52-37)32(45)18-26-9-11-30(43)28(16-26)41(4)24-62(56,57)40(2,3)38(47)53-41/h1,9-12,16-23H,13-15,24-25H2,2-5H3,(H2,47,53)(H2,48,54)/b32-18-,33-19-/t41-,42-/m0/s1. The number of nitrogens with zero attached hydrogens (tertiary/aromatic N) is 7. The summed E-state index contributed by atoms with van der Waals surface area (Å²) in [5.41, 5.74) is 8.62. The monoisotopic (exact) mass is 905 g/mol. The molecule has 0 fully saturated rings. The van der Waals surface area contributed by atoms with Crippen LogP contribution in [0.2, 0.25) is 0 Å². The van der Waals surface area contributed by atoms with E-state index < -0.39 is 83.0 Å². The van der Waals surface area contributed by atoms with Crippen LogP contribution in [0.4, 0.5) is 17.6 Å². The molecule has 2 aliphatic rings. The number of sulfonamides is 1. The molecule has 0 spiro atoms. The quantitative estimate of drug-likeness (QED) is 0.157. The summed E-state index contributed by atoms with van der Waals surface area (Å²) in [5.74, 6) is 2.51. The molecular weight excluding hydrogens is 867 g/mol. The van der Waals surface area contributed by atoms with Gasteiger partial charge in [-0.2, -0.15) is 0 Å². The molecule has 63 heavy (non-hydrogen) atoms. The van der Waals surface area contributed by atoms with Crippen molar-refractivity contribution in [1.82, 2.24) is 24.2 Å². The van der Waals surface area contributed by atoms with Gasteiger partial charge in [-0.05, 0) is 75.2 Å². The Labute approximate surface area is 361 Å². The Morgan fingerprint density at radius 2 is 1.27 bits per heavy atom. The van der Waals surface area contributed by atoms with Crippen molar-refractivity contribution in [3.8, 4) is 35.9 Å². The molecule has 4 N–H and O–H groups in total. The Hall–Kier alpha value is -6.84. The molecule has 2 aliphatic heterocycles. The third-order valence-corrected chi connectivity index (χ3v) is 14.7. The largest absolute Gasteiger partial charge is 0.463 e. The molecule has 0 unspecified atom stereocenters. The maximum Gasteiger partial charge on any atom is 0.241 e. The highest BCUT2D eigenvalue weighted by Gasteiger charge is 2.49. The van der Waals surface area contributed by atoms with E-state index in [0.717, 1.165) is 47.2 Å². The lowest BCUT2D eigenvalue weighted by Crippen LogP contribution is -2.55. The fraction of sp³-hybridized carbons (Fsp3) is 0.286. The highest BCUT2D eigenvalue weighted by Crippen LogP contribution is 2.39. The third kappa shape index (κ3) is 9.79. The van der Waals surface area contributed by atoms with Crippen LogP contribution in [0.5, 0.6) is 11.8 Å². The SMILES string of the molecule is C#CCOc1cnc(/C(F)=C/c2ccc(F)c([C@]3(C)CS(=O)(=O)N(CC#CCOc4cnc(/C(F)=C/c5ccc(F)c([C@]6(C)CS(=O)(=O)C(C)(C)C(N)=N6)c5)cn4)C(N)=N3)c2)cn1. The average Bonchev–Trinajstić information content (AvgIpc) is 3.21. The van der Waals surface area contributed by atoms with E-state index in [1.54, 1.807) is 0 Å². The van der Waals surface area contributed by atoms with Gasteiger partial charge in [-0.1, -0.05) is 29.9 Å². The molecule has 4 aromatic rings. The Morgan fingerprint density at radius 1 is 0.762 bits per heavy atom. The molecule has 0 radical (unpaired) electrons. The summed E-state index contributed by atoms with van der Waals surface area (Å²) in [6, 6.07) is 7.27. The normalized spacial score (nSPS) is 21.5. The van der Waals surface area contributed by atoms with Gasteiger partial charge in [0.2, 0.25) is 27.7 Å². The molecule has 6 rings (SSSR count). The first-order valence-electron chi connectivity index (χ1n) is 18.7. The van der Waals surface area contributed by atoms with Gasteiger partial charge in [0.25, 0.3) is 0 Å². The third-order valence-electron chi connectivity index (χ3n) is 10.1. The topological polar surface area (TPSA) is 218 Å². The van der Waals surface area contributed by atoms with Crippen molar-refractivity contribution in [3.63, 3.8) is 0 Å². The Morgan fingerprint density at radius 3 is 1.73 bits per heavy atom. The fourth-order valence-electron chi connectivity index (χ4n) is 6.48. The maximum atomic E-state index is 15.3. The van der Waals surface area contributed by atoms with Crippen LogP contribution >= 0.6 is 0 Å². The van der Waals surface area contributed by atoms with Gasteiger partial charge in [0.05, 0.1) is 42.8 Å². The molecule has 2 atom stereocenters. The van der Waals surface area contributed by atoms with E-state index in [1.807, 2.05) is 0 Å². The first-order valence-corrected chi connectivity index (χ1v) is 21.9. The van der Waals surface area contributed by atoms with Crippen molar-refractivity contribution in [2.24, 2.45) is 21.5 Å². The van der Waals surface area contributed by atoms with Gasteiger partial charge in [-0.25, -0.2) is 63.6 Å². The Bertz CT molecular complexity index is 2910. The summed E-state index contributed by atoms with van der Waals surface area (Å²) >= 11 is 0. The number of hydrogen-bond donors (Lipinski definition) is 2. The minimum Gasteiger partial charge on any atom is -0.463 e. The number of benzene rings is 2. The smallest absolute Gasteiger partial charge is 0.241 e. The maximum absolute atomic E-state index is 15.3. The van der Waals surface area contributed by atoms with Crippen molar-refractivity contribution in [2.75, 3.05) is 31.3 Å². The number of nitrogens with two attached hydrogens (primary N) is 2. The number of aliphatic imine (C=N–C) groups is 2. The number of aromatic nitrogens is 4. The molecule has 0 saturated carbocycles. The minimum absolute atomic E-state index is 0.0484. The summed E-state index contributed by atoms with van der Waals surface area (Å²) in [5, 5.41) is 0. The van der Waals surface area contributed by atoms with Crippen molar-refractivity contribution >= 4 is 55.5 Å². The second kappa shape index (κ2) is 17.5. The zero-order chi connectivity index (χ0) is 46.0. The Kier molecular flexibility index (Phi) is 12.7. The highest BCUT2D eigenvalue weighted by molar-refractivity contribution is 7.93. The van der Waals surface area contributed by atoms with Crippen LogP contribution in [0.3, 0.4) is 0 Å². The number of guanidine groups is 1. The summed E-state index contributed by atoms with van der Waals surface area (Å²) in [6.45, 7) is 4.89. The molecule has 0 saturated heterocycles. The van der Waals surface area contributed by atoms with Crippen LogP contribution < -0.4 is 20.9 Å². The summed E-state index contributed by atoms with van der Waals surface area (Å²) < 4.78 is 123. The van der Waals surface area contributed by atoms with Crippen molar-refractivity contribution in [2.45, 2.75) is 43.5 Å². The van der Waals surface area contributed by atoms with Gasteiger partial charge >= 0.3 is 0 Å². The van der Waals surface area contributed by atoms with Gasteiger partial charge in [-0.3, -0.25) is 4.99 Å². The number of halogens is 4. The van der Waals surface area contributed by atoms with Gasteiger partial charge in [0.15, 0.2) is 34.7 Å². The molecule has 4 heterocycles. The number of rotatable bonds is 11. The van der Waals surface area contributed by atoms with Crippen LogP contribution in [-0.2, 0) is 30.9 Å². The number of amidine groups is 1. The lowest BCUT2D eigenvalue weighted by Gasteiger charge is -2.38.